The number of nitrogens with zero attached hydrogens (tertiary/aromatic N) is 4. The van der Waals surface area contributed by atoms with E-state index in [0.29, 0.717) is 6.04 Å². The summed E-state index contributed by atoms with van der Waals surface area (Å²) in [4.78, 5) is 12.9. The van der Waals surface area contributed by atoms with E-state index in [4.69, 9.17) is 5.11 Å². The standard InChI is InChI=1S/C10H16N4O2/c1-13-5-3-2-4-8(13)6-14-7-9(10(15)16)11-12-14/h7-8H,2-6H2,1H3,(H,15,16). The Bertz CT molecular complexity index is 377. The first-order chi connectivity index (χ1) is 7.66. The molecule has 2 rings (SSSR count). The van der Waals surface area contributed by atoms with Crippen LogP contribution < -0.4 is 0 Å². The lowest BCUT2D eigenvalue weighted by Crippen LogP contribution is -2.39. The van der Waals surface area contributed by atoms with Crippen molar-refractivity contribution in [3.05, 3.63) is 11.9 Å². The van der Waals surface area contributed by atoms with Gasteiger partial charge in [-0.3, -0.25) is 4.68 Å². The molecule has 1 aromatic heterocycles. The summed E-state index contributed by atoms with van der Waals surface area (Å²) in [7, 11) is 2.10. The minimum atomic E-state index is -1.02. The Balaban J connectivity index is 1.99. The highest BCUT2D eigenvalue weighted by atomic mass is 16.4. The average molecular weight is 224 g/mol. The van der Waals surface area contributed by atoms with Crippen LogP contribution in [0.15, 0.2) is 6.20 Å². The topological polar surface area (TPSA) is 71.2 Å². The van der Waals surface area contributed by atoms with Gasteiger partial charge in [0.05, 0.1) is 12.7 Å². The van der Waals surface area contributed by atoms with E-state index in [0.717, 1.165) is 19.5 Å². The molecule has 0 radical (unpaired) electrons. The van der Waals surface area contributed by atoms with E-state index in [2.05, 4.69) is 22.3 Å². The van der Waals surface area contributed by atoms with Gasteiger partial charge in [-0.05, 0) is 26.4 Å². The van der Waals surface area contributed by atoms with Crippen LogP contribution in [0.25, 0.3) is 0 Å². The molecule has 6 heteroatoms. The van der Waals surface area contributed by atoms with Crippen molar-refractivity contribution in [3.8, 4) is 0 Å². The SMILES string of the molecule is CN1CCCCC1Cn1cc(C(=O)O)nn1. The van der Waals surface area contributed by atoms with E-state index in [1.165, 1.54) is 19.0 Å². The molecule has 1 atom stereocenters. The smallest absolute Gasteiger partial charge is 0.358 e. The lowest BCUT2D eigenvalue weighted by molar-refractivity contribution is 0.0690. The van der Waals surface area contributed by atoms with Gasteiger partial charge in [-0.2, -0.15) is 0 Å². The van der Waals surface area contributed by atoms with Crippen LogP contribution in [0.4, 0.5) is 0 Å². The van der Waals surface area contributed by atoms with Gasteiger partial charge in [-0.15, -0.1) is 5.10 Å². The molecule has 1 aliphatic rings. The maximum absolute atomic E-state index is 10.6. The van der Waals surface area contributed by atoms with Crippen molar-refractivity contribution in [2.24, 2.45) is 0 Å². The zero-order valence-corrected chi connectivity index (χ0v) is 9.33. The first-order valence-electron chi connectivity index (χ1n) is 5.50. The molecule has 0 spiro atoms. The molecule has 0 aliphatic carbocycles. The number of aromatic carboxylic acids is 1. The minimum absolute atomic E-state index is 0.0125. The summed E-state index contributed by atoms with van der Waals surface area (Å²) in [6.45, 7) is 1.82. The number of carboxylic acid groups (broad SMARTS) is 1. The fourth-order valence-corrected chi connectivity index (χ4v) is 2.08. The molecule has 2 heterocycles. The van der Waals surface area contributed by atoms with Crippen molar-refractivity contribution in [2.75, 3.05) is 13.6 Å². The van der Waals surface area contributed by atoms with Gasteiger partial charge >= 0.3 is 5.97 Å². The number of rotatable bonds is 3. The Labute approximate surface area is 93.9 Å². The van der Waals surface area contributed by atoms with Crippen molar-refractivity contribution < 1.29 is 9.90 Å². The van der Waals surface area contributed by atoms with Gasteiger partial charge in [0.25, 0.3) is 0 Å². The lowest BCUT2D eigenvalue weighted by Gasteiger charge is -2.32. The first kappa shape index (κ1) is 11.1. The molecule has 0 saturated carbocycles. The summed E-state index contributed by atoms with van der Waals surface area (Å²) in [5.41, 5.74) is 0.0125. The van der Waals surface area contributed by atoms with Crippen LogP contribution in [-0.2, 0) is 6.54 Å². The van der Waals surface area contributed by atoms with Crippen molar-refractivity contribution >= 4 is 5.97 Å². The molecular formula is C10H16N4O2. The maximum atomic E-state index is 10.6. The third kappa shape index (κ3) is 2.38. The molecule has 0 amide bonds. The molecule has 1 N–H and O–H groups in total. The first-order valence-corrected chi connectivity index (χ1v) is 5.50. The number of hydrogen-bond acceptors (Lipinski definition) is 4. The van der Waals surface area contributed by atoms with Crippen molar-refractivity contribution in [3.63, 3.8) is 0 Å². The Kier molecular flexibility index (Phi) is 3.19. The number of carbonyl (C=O) groups is 1. The molecule has 0 aromatic carbocycles. The van der Waals surface area contributed by atoms with Crippen LogP contribution >= 0.6 is 0 Å². The molecule has 1 fully saturated rings. The highest BCUT2D eigenvalue weighted by Gasteiger charge is 2.20. The Morgan fingerprint density at radius 2 is 2.44 bits per heavy atom. The molecule has 16 heavy (non-hydrogen) atoms. The summed E-state index contributed by atoms with van der Waals surface area (Å²) in [5.74, 6) is -1.02. The minimum Gasteiger partial charge on any atom is -0.476 e. The van der Waals surface area contributed by atoms with Crippen molar-refractivity contribution in [1.82, 2.24) is 19.9 Å². The largest absolute Gasteiger partial charge is 0.476 e. The van der Waals surface area contributed by atoms with E-state index >= 15 is 0 Å². The second kappa shape index (κ2) is 4.61. The monoisotopic (exact) mass is 224 g/mol. The normalized spacial score (nSPS) is 22.2. The second-order valence-corrected chi connectivity index (χ2v) is 4.26. The third-order valence-corrected chi connectivity index (χ3v) is 3.08. The molecule has 88 valence electrons. The second-order valence-electron chi connectivity index (χ2n) is 4.26. The zero-order chi connectivity index (χ0) is 11.5. The van der Waals surface area contributed by atoms with Crippen LogP contribution in [0.5, 0.6) is 0 Å². The summed E-state index contributed by atoms with van der Waals surface area (Å²) in [6.07, 6.45) is 5.10. The predicted molar refractivity (Wildman–Crippen MR) is 57.3 cm³/mol. The van der Waals surface area contributed by atoms with Crippen LogP contribution in [-0.4, -0.2) is 50.6 Å². The fraction of sp³-hybridized carbons (Fsp3) is 0.700. The van der Waals surface area contributed by atoms with Crippen LogP contribution in [0.2, 0.25) is 0 Å². The van der Waals surface area contributed by atoms with Gasteiger partial charge in [0.2, 0.25) is 0 Å². The van der Waals surface area contributed by atoms with Crippen LogP contribution in [0.1, 0.15) is 29.8 Å². The van der Waals surface area contributed by atoms with E-state index in [1.54, 1.807) is 4.68 Å². The third-order valence-electron chi connectivity index (χ3n) is 3.08. The summed E-state index contributed by atoms with van der Waals surface area (Å²) in [6, 6.07) is 0.442. The van der Waals surface area contributed by atoms with Gasteiger partial charge in [-0.25, -0.2) is 4.79 Å². The average Bonchev–Trinajstić information content (AvgIpc) is 2.70. The molecule has 1 unspecified atom stereocenters. The number of likely N-dealkylation sites (tertiary alicyclic amines) is 1. The predicted octanol–water partition coefficient (Wildman–Crippen LogP) is 0.461. The molecule has 1 aromatic rings. The summed E-state index contributed by atoms with van der Waals surface area (Å²) < 4.78 is 1.62. The number of piperidine rings is 1. The Morgan fingerprint density at radius 1 is 1.62 bits per heavy atom. The fourth-order valence-electron chi connectivity index (χ4n) is 2.08. The van der Waals surface area contributed by atoms with E-state index in [-0.39, 0.29) is 5.69 Å². The van der Waals surface area contributed by atoms with Crippen molar-refractivity contribution in [2.45, 2.75) is 31.8 Å². The number of aromatic nitrogens is 3. The van der Waals surface area contributed by atoms with Crippen LogP contribution in [0, 0.1) is 0 Å². The highest BCUT2D eigenvalue weighted by Crippen LogP contribution is 2.16. The van der Waals surface area contributed by atoms with E-state index in [1.807, 2.05) is 0 Å². The quantitative estimate of drug-likeness (QED) is 0.807. The highest BCUT2D eigenvalue weighted by molar-refractivity contribution is 5.84. The Morgan fingerprint density at radius 3 is 3.06 bits per heavy atom. The summed E-state index contributed by atoms with van der Waals surface area (Å²) in [5, 5.41) is 16.2. The number of hydrogen-bond donors (Lipinski definition) is 1. The lowest BCUT2D eigenvalue weighted by atomic mass is 10.0. The van der Waals surface area contributed by atoms with Gasteiger partial charge in [0.1, 0.15) is 0 Å². The maximum Gasteiger partial charge on any atom is 0.358 e. The van der Waals surface area contributed by atoms with E-state index < -0.39 is 5.97 Å². The number of carboxylic acids is 1. The van der Waals surface area contributed by atoms with Gasteiger partial charge < -0.3 is 10.0 Å². The van der Waals surface area contributed by atoms with Crippen LogP contribution in [0.3, 0.4) is 0 Å². The van der Waals surface area contributed by atoms with E-state index in [9.17, 15) is 4.79 Å². The number of likely N-dealkylation sites (N-methyl/N-ethyl adjacent to an activating group) is 1. The van der Waals surface area contributed by atoms with Gasteiger partial charge in [0.15, 0.2) is 5.69 Å². The molecular weight excluding hydrogens is 208 g/mol. The molecule has 1 saturated heterocycles. The van der Waals surface area contributed by atoms with Crippen molar-refractivity contribution in [1.29, 1.82) is 0 Å². The molecule has 6 nitrogen and oxygen atoms in total. The summed E-state index contributed by atoms with van der Waals surface area (Å²) >= 11 is 0. The molecule has 0 bridgehead atoms. The van der Waals surface area contributed by atoms with Gasteiger partial charge in [-0.1, -0.05) is 11.6 Å². The van der Waals surface area contributed by atoms with Gasteiger partial charge in [0, 0.05) is 6.04 Å². The molecule has 1 aliphatic heterocycles. The zero-order valence-electron chi connectivity index (χ0n) is 9.33. The Hall–Kier alpha value is -1.43.